The Morgan fingerprint density at radius 1 is 0.818 bits per heavy atom. The van der Waals surface area contributed by atoms with E-state index in [2.05, 4.69) is 0 Å². The second-order valence-corrected chi connectivity index (χ2v) is 5.28. The van der Waals surface area contributed by atoms with Crippen molar-refractivity contribution in [2.45, 2.75) is 0 Å². The minimum absolute atomic E-state index is 0.0417. The molecular weight excluding hydrogens is 274 g/mol. The van der Waals surface area contributed by atoms with Gasteiger partial charge in [0.2, 0.25) is 0 Å². The molecule has 0 bridgehead atoms. The highest BCUT2D eigenvalue weighted by Crippen LogP contribution is 2.31. The first-order chi connectivity index (χ1) is 10.7. The zero-order valence-electron chi connectivity index (χ0n) is 12.6. The minimum Gasteiger partial charge on any atom is -0.440 e. The SMILES string of the molecule is CN(C)c1cc(=O)c(-c2ccccc2)c(-c2ccccc2)o1. The van der Waals surface area contributed by atoms with Crippen LogP contribution in [0.1, 0.15) is 0 Å². The van der Waals surface area contributed by atoms with Gasteiger partial charge in [0.1, 0.15) is 5.76 Å². The molecule has 3 nitrogen and oxygen atoms in total. The minimum atomic E-state index is -0.0417. The molecule has 3 heteroatoms. The van der Waals surface area contributed by atoms with Gasteiger partial charge in [-0.25, -0.2) is 0 Å². The van der Waals surface area contributed by atoms with E-state index in [0.717, 1.165) is 11.1 Å². The molecule has 0 spiro atoms. The molecule has 0 amide bonds. The summed E-state index contributed by atoms with van der Waals surface area (Å²) < 4.78 is 6.02. The van der Waals surface area contributed by atoms with Crippen molar-refractivity contribution >= 4 is 5.88 Å². The van der Waals surface area contributed by atoms with E-state index < -0.39 is 0 Å². The largest absolute Gasteiger partial charge is 0.440 e. The molecule has 1 aromatic heterocycles. The monoisotopic (exact) mass is 291 g/mol. The molecule has 22 heavy (non-hydrogen) atoms. The Morgan fingerprint density at radius 3 is 1.91 bits per heavy atom. The Balaban J connectivity index is 2.31. The van der Waals surface area contributed by atoms with Crippen LogP contribution in [0.4, 0.5) is 5.88 Å². The van der Waals surface area contributed by atoms with E-state index in [4.69, 9.17) is 4.42 Å². The number of hydrogen-bond acceptors (Lipinski definition) is 3. The first-order valence-electron chi connectivity index (χ1n) is 7.13. The standard InChI is InChI=1S/C19H17NO2/c1-20(2)17-13-16(21)18(14-9-5-3-6-10-14)19(22-17)15-11-7-4-8-12-15/h3-13H,1-2H3. The van der Waals surface area contributed by atoms with Gasteiger partial charge in [-0.05, 0) is 5.56 Å². The zero-order valence-corrected chi connectivity index (χ0v) is 12.6. The van der Waals surface area contributed by atoms with Crippen LogP contribution in [0.5, 0.6) is 0 Å². The van der Waals surface area contributed by atoms with E-state index in [0.29, 0.717) is 17.2 Å². The summed E-state index contributed by atoms with van der Waals surface area (Å²) in [7, 11) is 3.71. The summed E-state index contributed by atoms with van der Waals surface area (Å²) in [6, 6.07) is 20.9. The van der Waals surface area contributed by atoms with Crippen molar-refractivity contribution in [1.82, 2.24) is 0 Å². The average molecular weight is 291 g/mol. The summed E-state index contributed by atoms with van der Waals surface area (Å²) in [6.45, 7) is 0. The lowest BCUT2D eigenvalue weighted by Crippen LogP contribution is -2.14. The summed E-state index contributed by atoms with van der Waals surface area (Å²) in [5.41, 5.74) is 2.31. The van der Waals surface area contributed by atoms with Gasteiger partial charge in [-0.1, -0.05) is 60.7 Å². The predicted octanol–water partition coefficient (Wildman–Crippen LogP) is 4.04. The van der Waals surface area contributed by atoms with Crippen LogP contribution in [0, 0.1) is 0 Å². The Morgan fingerprint density at radius 2 is 1.36 bits per heavy atom. The van der Waals surface area contributed by atoms with Crippen molar-refractivity contribution in [2.75, 3.05) is 19.0 Å². The topological polar surface area (TPSA) is 33.5 Å². The first-order valence-corrected chi connectivity index (χ1v) is 7.13. The lowest BCUT2D eigenvalue weighted by atomic mass is 10.0. The van der Waals surface area contributed by atoms with Gasteiger partial charge in [-0.15, -0.1) is 0 Å². The normalized spacial score (nSPS) is 10.5. The summed E-state index contributed by atoms with van der Waals surface area (Å²) in [4.78, 5) is 14.4. The molecular formula is C19H17NO2. The molecule has 0 fully saturated rings. The Kier molecular flexibility index (Phi) is 3.79. The van der Waals surface area contributed by atoms with Crippen molar-refractivity contribution in [3.8, 4) is 22.5 Å². The molecule has 3 rings (SSSR count). The highest BCUT2D eigenvalue weighted by molar-refractivity contribution is 5.80. The van der Waals surface area contributed by atoms with E-state index in [1.54, 1.807) is 4.90 Å². The fourth-order valence-electron chi connectivity index (χ4n) is 2.37. The highest BCUT2D eigenvalue weighted by atomic mass is 16.4. The summed E-state index contributed by atoms with van der Waals surface area (Å²) >= 11 is 0. The van der Waals surface area contributed by atoms with Crippen LogP contribution in [0.15, 0.2) is 75.9 Å². The van der Waals surface area contributed by atoms with Crippen molar-refractivity contribution in [3.05, 3.63) is 77.0 Å². The quantitative estimate of drug-likeness (QED) is 0.730. The lowest BCUT2D eigenvalue weighted by Gasteiger charge is -2.15. The predicted molar refractivity (Wildman–Crippen MR) is 90.2 cm³/mol. The van der Waals surface area contributed by atoms with Gasteiger partial charge in [-0.2, -0.15) is 0 Å². The van der Waals surface area contributed by atoms with E-state index >= 15 is 0 Å². The number of nitrogens with zero attached hydrogens (tertiary/aromatic N) is 1. The Labute approximate surface area is 129 Å². The van der Waals surface area contributed by atoms with Gasteiger partial charge in [-0.3, -0.25) is 4.79 Å². The van der Waals surface area contributed by atoms with Crippen LogP contribution in [-0.2, 0) is 0 Å². The molecule has 2 aromatic carbocycles. The van der Waals surface area contributed by atoms with Crippen LogP contribution in [0.3, 0.4) is 0 Å². The van der Waals surface area contributed by atoms with Gasteiger partial charge in [0.05, 0.1) is 5.56 Å². The maximum absolute atomic E-state index is 12.7. The summed E-state index contributed by atoms with van der Waals surface area (Å²) in [5, 5.41) is 0. The average Bonchev–Trinajstić information content (AvgIpc) is 2.55. The fourth-order valence-corrected chi connectivity index (χ4v) is 2.37. The van der Waals surface area contributed by atoms with Crippen LogP contribution in [-0.4, -0.2) is 14.1 Å². The van der Waals surface area contributed by atoms with Crippen LogP contribution in [0.2, 0.25) is 0 Å². The summed E-state index contributed by atoms with van der Waals surface area (Å²) in [6.07, 6.45) is 0. The number of rotatable bonds is 3. The maximum atomic E-state index is 12.7. The molecule has 110 valence electrons. The van der Waals surface area contributed by atoms with Gasteiger partial charge >= 0.3 is 0 Å². The third kappa shape index (κ3) is 2.66. The second kappa shape index (κ2) is 5.90. The van der Waals surface area contributed by atoms with Crippen LogP contribution >= 0.6 is 0 Å². The van der Waals surface area contributed by atoms with Crippen molar-refractivity contribution in [1.29, 1.82) is 0 Å². The van der Waals surface area contributed by atoms with Gasteiger partial charge in [0, 0.05) is 25.7 Å². The summed E-state index contributed by atoms with van der Waals surface area (Å²) in [5.74, 6) is 1.14. The maximum Gasteiger partial charge on any atom is 0.199 e. The molecule has 0 unspecified atom stereocenters. The first kappa shape index (κ1) is 14.1. The number of benzene rings is 2. The molecule has 0 aliphatic heterocycles. The molecule has 0 atom stereocenters. The number of hydrogen-bond donors (Lipinski definition) is 0. The van der Waals surface area contributed by atoms with Crippen molar-refractivity contribution < 1.29 is 4.42 Å². The van der Waals surface area contributed by atoms with E-state index in [1.807, 2.05) is 74.8 Å². The Bertz CT molecular complexity index is 821. The van der Waals surface area contributed by atoms with Crippen molar-refractivity contribution in [2.24, 2.45) is 0 Å². The van der Waals surface area contributed by atoms with Gasteiger partial charge in [0.25, 0.3) is 0 Å². The third-order valence-corrected chi connectivity index (χ3v) is 3.47. The van der Waals surface area contributed by atoms with E-state index in [9.17, 15) is 4.79 Å². The number of anilines is 1. The van der Waals surface area contributed by atoms with Crippen molar-refractivity contribution in [3.63, 3.8) is 0 Å². The molecule has 0 saturated carbocycles. The molecule has 0 saturated heterocycles. The van der Waals surface area contributed by atoms with Crippen LogP contribution < -0.4 is 10.3 Å². The van der Waals surface area contributed by atoms with Crippen LogP contribution in [0.25, 0.3) is 22.5 Å². The third-order valence-electron chi connectivity index (χ3n) is 3.47. The second-order valence-electron chi connectivity index (χ2n) is 5.28. The lowest BCUT2D eigenvalue weighted by molar-refractivity contribution is 0.564. The zero-order chi connectivity index (χ0) is 15.5. The Hall–Kier alpha value is -2.81. The molecule has 0 aliphatic carbocycles. The molecule has 1 heterocycles. The molecule has 0 radical (unpaired) electrons. The van der Waals surface area contributed by atoms with E-state index in [-0.39, 0.29) is 5.43 Å². The van der Waals surface area contributed by atoms with Gasteiger partial charge in [0.15, 0.2) is 11.3 Å². The highest BCUT2D eigenvalue weighted by Gasteiger charge is 2.16. The molecule has 0 N–H and O–H groups in total. The fraction of sp³-hybridized carbons (Fsp3) is 0.105. The molecule has 3 aromatic rings. The molecule has 0 aliphatic rings. The van der Waals surface area contributed by atoms with E-state index in [1.165, 1.54) is 6.07 Å². The smallest absolute Gasteiger partial charge is 0.199 e. The van der Waals surface area contributed by atoms with Gasteiger partial charge < -0.3 is 9.32 Å².